The average molecular weight is 368 g/mol. The van der Waals surface area contributed by atoms with Gasteiger partial charge < -0.3 is 14.2 Å². The third kappa shape index (κ3) is 5.29. The molecule has 134 valence electrons. The van der Waals surface area contributed by atoms with Crippen molar-refractivity contribution in [3.05, 3.63) is 34.8 Å². The van der Waals surface area contributed by atoms with Crippen LogP contribution in [-0.2, 0) is 28.6 Å². The zero-order valence-electron chi connectivity index (χ0n) is 14.1. The van der Waals surface area contributed by atoms with Gasteiger partial charge in [-0.05, 0) is 17.7 Å². The number of pyridine rings is 1. The van der Waals surface area contributed by atoms with Gasteiger partial charge in [0, 0.05) is 45.4 Å². The summed E-state index contributed by atoms with van der Waals surface area (Å²) in [5.41, 5.74) is 1.33. The van der Waals surface area contributed by atoms with Crippen LogP contribution in [0.25, 0.3) is 5.57 Å². The van der Waals surface area contributed by atoms with Gasteiger partial charge in [-0.1, -0.05) is 11.6 Å². The fraction of sp³-hybridized carbons (Fsp3) is 0.412. The van der Waals surface area contributed by atoms with Crippen molar-refractivity contribution in [2.75, 3.05) is 0 Å². The summed E-state index contributed by atoms with van der Waals surface area (Å²) in [7, 11) is 0. The summed E-state index contributed by atoms with van der Waals surface area (Å²) in [6, 6.07) is 3.33. The Kier molecular flexibility index (Phi) is 6.14. The highest BCUT2D eigenvalue weighted by molar-refractivity contribution is 6.29. The molecular formula is C17H18ClNO6. The zero-order valence-corrected chi connectivity index (χ0v) is 14.8. The Morgan fingerprint density at radius 3 is 2.08 bits per heavy atom. The van der Waals surface area contributed by atoms with E-state index in [1.165, 1.54) is 27.0 Å². The van der Waals surface area contributed by atoms with Gasteiger partial charge in [0.05, 0.1) is 0 Å². The second-order valence-electron chi connectivity index (χ2n) is 5.57. The first kappa shape index (κ1) is 18.9. The highest BCUT2D eigenvalue weighted by atomic mass is 35.5. The van der Waals surface area contributed by atoms with E-state index in [-0.39, 0.29) is 12.8 Å². The second kappa shape index (κ2) is 8.11. The van der Waals surface area contributed by atoms with E-state index in [1.54, 1.807) is 12.1 Å². The summed E-state index contributed by atoms with van der Waals surface area (Å²) in [6.45, 7) is 3.82. The molecule has 0 aliphatic heterocycles. The third-order valence-corrected chi connectivity index (χ3v) is 3.74. The Balaban J connectivity index is 2.42. The van der Waals surface area contributed by atoms with Gasteiger partial charge in [0.15, 0.2) is 0 Å². The molecule has 2 rings (SSSR count). The molecule has 8 heteroatoms. The Hall–Kier alpha value is -2.41. The van der Waals surface area contributed by atoms with Crippen molar-refractivity contribution in [3.8, 4) is 0 Å². The number of carbonyl (C=O) groups excluding carboxylic acids is 3. The Bertz CT molecular complexity index is 712. The highest BCUT2D eigenvalue weighted by Gasteiger charge is 2.36. The number of nitrogens with zero attached hydrogens (tertiary/aromatic N) is 1. The maximum Gasteiger partial charge on any atom is 0.307 e. The predicted molar refractivity (Wildman–Crippen MR) is 88.3 cm³/mol. The molecule has 1 aliphatic rings. The normalized spacial score (nSPS) is 20.0. The van der Waals surface area contributed by atoms with Gasteiger partial charge in [0.2, 0.25) is 0 Å². The molecule has 0 radical (unpaired) electrons. The maximum absolute atomic E-state index is 11.4. The summed E-state index contributed by atoms with van der Waals surface area (Å²) in [4.78, 5) is 38.2. The molecule has 1 aliphatic carbocycles. The summed E-state index contributed by atoms with van der Waals surface area (Å²) in [5.74, 6) is -1.15. The number of aromatic nitrogens is 1. The van der Waals surface area contributed by atoms with Gasteiger partial charge in [-0.2, -0.15) is 0 Å². The molecular weight excluding hydrogens is 350 g/mol. The first-order valence-corrected chi connectivity index (χ1v) is 8.01. The zero-order chi connectivity index (χ0) is 18.6. The quantitative estimate of drug-likeness (QED) is 0.459. The predicted octanol–water partition coefficient (Wildman–Crippen LogP) is 2.67. The molecule has 1 heterocycles. The molecule has 0 saturated heterocycles. The Labute approximate surface area is 149 Å². The maximum atomic E-state index is 11.4. The van der Waals surface area contributed by atoms with Crippen LogP contribution < -0.4 is 0 Å². The number of esters is 3. The Morgan fingerprint density at radius 1 is 1.00 bits per heavy atom. The van der Waals surface area contributed by atoms with Crippen molar-refractivity contribution in [3.63, 3.8) is 0 Å². The summed E-state index contributed by atoms with van der Waals surface area (Å²) in [6.07, 6.45) is 0.433. The first-order chi connectivity index (χ1) is 11.8. The lowest BCUT2D eigenvalue weighted by Gasteiger charge is -2.32. The average Bonchev–Trinajstić information content (AvgIpc) is 2.49. The van der Waals surface area contributed by atoms with Crippen molar-refractivity contribution in [2.24, 2.45) is 0 Å². The third-order valence-electron chi connectivity index (χ3n) is 3.52. The fourth-order valence-corrected chi connectivity index (χ4v) is 2.77. The molecule has 0 fully saturated rings. The van der Waals surface area contributed by atoms with Crippen molar-refractivity contribution in [2.45, 2.75) is 45.8 Å². The van der Waals surface area contributed by atoms with E-state index in [9.17, 15) is 14.4 Å². The van der Waals surface area contributed by atoms with E-state index >= 15 is 0 Å². The molecule has 2 atom stereocenters. The SMILES string of the molecule is CC(=O)OC1=C(c2ccc(Cl)nc2)C[C@@H](OC(C)=O)[C@H](OC(C)=O)C1. The van der Waals surface area contributed by atoms with Crippen LogP contribution in [0.3, 0.4) is 0 Å². The van der Waals surface area contributed by atoms with Crippen molar-refractivity contribution < 1.29 is 28.6 Å². The van der Waals surface area contributed by atoms with E-state index in [0.717, 1.165) is 0 Å². The van der Waals surface area contributed by atoms with Gasteiger partial charge in [-0.15, -0.1) is 0 Å². The first-order valence-electron chi connectivity index (χ1n) is 7.63. The lowest BCUT2D eigenvalue weighted by molar-refractivity contribution is -0.166. The standard InChI is InChI=1S/C17H18ClNO6/c1-9(20)23-14-7-16(25-11(3)22)15(24-10(2)21)6-13(14)12-4-5-17(18)19-8-12/h4-5,8,15-16H,6-7H2,1-3H3/t15-,16-/m1/s1. The van der Waals surface area contributed by atoms with Crippen LogP contribution in [0, 0.1) is 0 Å². The topological polar surface area (TPSA) is 91.8 Å². The number of hydrogen-bond acceptors (Lipinski definition) is 7. The van der Waals surface area contributed by atoms with E-state index in [0.29, 0.717) is 22.0 Å². The van der Waals surface area contributed by atoms with Crippen molar-refractivity contribution in [1.82, 2.24) is 4.98 Å². The largest absolute Gasteiger partial charge is 0.458 e. The molecule has 0 N–H and O–H groups in total. The van der Waals surface area contributed by atoms with E-state index in [2.05, 4.69) is 4.98 Å². The van der Waals surface area contributed by atoms with Crippen LogP contribution in [-0.4, -0.2) is 35.1 Å². The van der Waals surface area contributed by atoms with Crippen LogP contribution >= 0.6 is 11.6 Å². The lowest BCUT2D eigenvalue weighted by Crippen LogP contribution is -2.38. The minimum Gasteiger partial charge on any atom is -0.458 e. The molecule has 0 aromatic carbocycles. The van der Waals surface area contributed by atoms with Crippen LogP contribution in [0.1, 0.15) is 39.2 Å². The van der Waals surface area contributed by atoms with Crippen LogP contribution in [0.5, 0.6) is 0 Å². The lowest BCUT2D eigenvalue weighted by atomic mass is 9.88. The molecule has 25 heavy (non-hydrogen) atoms. The highest BCUT2D eigenvalue weighted by Crippen LogP contribution is 2.36. The smallest absolute Gasteiger partial charge is 0.307 e. The Morgan fingerprint density at radius 2 is 1.60 bits per heavy atom. The fourth-order valence-electron chi connectivity index (χ4n) is 2.66. The number of carbonyl (C=O) groups is 3. The molecule has 0 spiro atoms. The van der Waals surface area contributed by atoms with E-state index in [4.69, 9.17) is 25.8 Å². The molecule has 1 aromatic rings. The monoisotopic (exact) mass is 367 g/mol. The van der Waals surface area contributed by atoms with Crippen molar-refractivity contribution in [1.29, 1.82) is 0 Å². The molecule has 0 amide bonds. The van der Waals surface area contributed by atoms with E-state index in [1.807, 2.05) is 0 Å². The molecule has 7 nitrogen and oxygen atoms in total. The van der Waals surface area contributed by atoms with Gasteiger partial charge >= 0.3 is 17.9 Å². The minimum absolute atomic E-state index is 0.106. The summed E-state index contributed by atoms with van der Waals surface area (Å²) >= 11 is 5.81. The van der Waals surface area contributed by atoms with Gasteiger partial charge in [0.1, 0.15) is 23.1 Å². The number of rotatable bonds is 4. The van der Waals surface area contributed by atoms with Gasteiger partial charge in [0.25, 0.3) is 0 Å². The van der Waals surface area contributed by atoms with Crippen LogP contribution in [0.2, 0.25) is 5.15 Å². The van der Waals surface area contributed by atoms with Crippen molar-refractivity contribution >= 4 is 35.1 Å². The second-order valence-corrected chi connectivity index (χ2v) is 5.96. The number of ether oxygens (including phenoxy) is 3. The van der Waals surface area contributed by atoms with Gasteiger partial charge in [-0.3, -0.25) is 14.4 Å². The van der Waals surface area contributed by atoms with Gasteiger partial charge in [-0.25, -0.2) is 4.98 Å². The molecule has 1 aromatic heterocycles. The van der Waals surface area contributed by atoms with E-state index < -0.39 is 30.1 Å². The summed E-state index contributed by atoms with van der Waals surface area (Å²) in [5, 5.41) is 0.323. The van der Waals surface area contributed by atoms with Crippen LogP contribution in [0.4, 0.5) is 0 Å². The number of hydrogen-bond donors (Lipinski definition) is 0. The molecule has 0 unspecified atom stereocenters. The van der Waals surface area contributed by atoms with Crippen LogP contribution in [0.15, 0.2) is 24.1 Å². The molecule has 0 bridgehead atoms. The number of halogens is 1. The summed E-state index contributed by atoms with van der Waals surface area (Å²) < 4.78 is 15.8. The minimum atomic E-state index is -0.736. The molecule has 0 saturated carbocycles.